The average molecular weight is 541 g/mol. The van der Waals surface area contributed by atoms with E-state index in [4.69, 9.17) is 10.6 Å². The van der Waals surface area contributed by atoms with E-state index in [0.717, 1.165) is 40.7 Å². The Morgan fingerprint density at radius 3 is 2.54 bits per heavy atom. The molecule has 1 amide bonds. The van der Waals surface area contributed by atoms with E-state index >= 15 is 0 Å². The van der Waals surface area contributed by atoms with Gasteiger partial charge in [0.05, 0.1) is 22.7 Å². The van der Waals surface area contributed by atoms with Gasteiger partial charge in [-0.2, -0.15) is 13.2 Å². The van der Waals surface area contributed by atoms with Crippen LogP contribution in [0.5, 0.6) is 5.75 Å². The fourth-order valence-corrected chi connectivity index (χ4v) is 5.45. The van der Waals surface area contributed by atoms with Crippen LogP contribution < -0.4 is 20.3 Å². The first-order valence-electron chi connectivity index (χ1n) is 10.9. The molecule has 0 aromatic heterocycles. The lowest BCUT2D eigenvalue weighted by molar-refractivity contribution is -0.137. The fourth-order valence-electron chi connectivity index (χ4n) is 3.90. The van der Waals surface area contributed by atoms with Crippen LogP contribution in [0.3, 0.4) is 0 Å². The molecule has 0 saturated heterocycles. The van der Waals surface area contributed by atoms with Gasteiger partial charge in [0.25, 0.3) is 10.0 Å². The summed E-state index contributed by atoms with van der Waals surface area (Å²) in [6, 6.07) is 10.00. The molecule has 1 atom stereocenters. The number of benzene rings is 3. The molecular weight excluding hydrogens is 521 g/mol. The number of alkyl halides is 3. The third-order valence-electron chi connectivity index (χ3n) is 5.73. The summed E-state index contributed by atoms with van der Waals surface area (Å²) in [6.45, 7) is -0.363. The lowest BCUT2D eigenvalue weighted by Crippen LogP contribution is -2.44. The molecule has 1 aliphatic rings. The van der Waals surface area contributed by atoms with E-state index < -0.39 is 50.3 Å². The molecule has 0 aliphatic carbocycles. The summed E-state index contributed by atoms with van der Waals surface area (Å²) in [4.78, 5) is 11.0. The number of nitrogens with zero attached hydrogens (tertiary/aromatic N) is 1. The van der Waals surface area contributed by atoms with Crippen molar-refractivity contribution >= 4 is 21.6 Å². The van der Waals surface area contributed by atoms with E-state index in [-0.39, 0.29) is 42.0 Å². The van der Waals surface area contributed by atoms with Crippen LogP contribution in [0.1, 0.15) is 18.4 Å². The molecule has 1 heterocycles. The third-order valence-corrected chi connectivity index (χ3v) is 7.51. The number of nitrogens with one attached hydrogen (secondary N) is 1. The fraction of sp³-hybridized carbons (Fsp3) is 0.208. The molecule has 3 aromatic carbocycles. The van der Waals surface area contributed by atoms with Gasteiger partial charge in [-0.3, -0.25) is 14.5 Å². The zero-order valence-corrected chi connectivity index (χ0v) is 19.7. The molecule has 4 rings (SSSR count). The summed E-state index contributed by atoms with van der Waals surface area (Å²) in [7, 11) is -4.59. The highest BCUT2D eigenvalue weighted by Gasteiger charge is 2.37. The van der Waals surface area contributed by atoms with Crippen molar-refractivity contribution in [1.29, 1.82) is 0 Å². The van der Waals surface area contributed by atoms with Gasteiger partial charge in [0.2, 0.25) is 5.91 Å². The monoisotopic (exact) mass is 541 g/mol. The van der Waals surface area contributed by atoms with E-state index in [1.54, 1.807) is 0 Å². The summed E-state index contributed by atoms with van der Waals surface area (Å²) < 4.78 is 102. The summed E-state index contributed by atoms with van der Waals surface area (Å²) >= 11 is 0. The van der Waals surface area contributed by atoms with Gasteiger partial charge in [-0.1, -0.05) is 12.1 Å². The van der Waals surface area contributed by atoms with Crippen LogP contribution in [0.2, 0.25) is 0 Å². The standard InChI is InChI=1S/C24H20F5N3O4S/c25-16-5-7-20(26)19(12-16)14-4-8-22-21(10-14)32(13-17(36-22)6-9-23(33)31-30)37(34,35)18-3-1-2-15(11-18)24(27,28)29/h1-5,7-8,10-12,17H,6,9,13,30H2,(H,31,33)/t17-/m0/s1. The largest absolute Gasteiger partial charge is 0.486 e. The molecule has 13 heteroatoms. The molecule has 0 radical (unpaired) electrons. The first-order chi connectivity index (χ1) is 17.4. The van der Waals surface area contributed by atoms with Gasteiger partial charge in [-0.05, 0) is 60.5 Å². The summed E-state index contributed by atoms with van der Waals surface area (Å²) in [5.74, 6) is 3.09. The molecule has 0 unspecified atom stereocenters. The van der Waals surface area contributed by atoms with E-state index in [9.17, 15) is 35.2 Å². The number of anilines is 1. The lowest BCUT2D eigenvalue weighted by atomic mass is 10.0. The number of halogens is 5. The number of rotatable bonds is 6. The summed E-state index contributed by atoms with van der Waals surface area (Å²) in [5, 5.41) is 0. The number of carbonyl (C=O) groups is 1. The minimum Gasteiger partial charge on any atom is -0.486 e. The Bertz CT molecular complexity index is 1450. The number of hydrogen-bond donors (Lipinski definition) is 2. The van der Waals surface area contributed by atoms with Gasteiger partial charge in [0, 0.05) is 12.0 Å². The van der Waals surface area contributed by atoms with Crippen LogP contribution in [0.15, 0.2) is 65.6 Å². The molecule has 196 valence electrons. The SMILES string of the molecule is NNC(=O)CC[C@H]1CN(S(=O)(=O)c2cccc(C(F)(F)F)c2)c2cc(-c3cc(F)ccc3F)ccc2O1. The molecule has 37 heavy (non-hydrogen) atoms. The van der Waals surface area contributed by atoms with Crippen molar-refractivity contribution in [2.75, 3.05) is 10.8 Å². The number of carbonyl (C=O) groups excluding carboxylic acids is 1. The first kappa shape index (κ1) is 26.4. The minimum absolute atomic E-state index is 0.0283. The Hall–Kier alpha value is -3.71. The van der Waals surface area contributed by atoms with E-state index in [2.05, 4.69) is 0 Å². The van der Waals surface area contributed by atoms with E-state index in [0.29, 0.717) is 6.07 Å². The van der Waals surface area contributed by atoms with Crippen LogP contribution in [-0.2, 0) is 21.0 Å². The van der Waals surface area contributed by atoms with Gasteiger partial charge in [0.1, 0.15) is 23.5 Å². The zero-order chi connectivity index (χ0) is 27.0. The van der Waals surface area contributed by atoms with Gasteiger partial charge in [0.15, 0.2) is 0 Å². The number of ether oxygens (including phenoxy) is 1. The Morgan fingerprint density at radius 2 is 1.84 bits per heavy atom. The van der Waals surface area contributed by atoms with Crippen LogP contribution in [-0.4, -0.2) is 27.0 Å². The number of hydrogen-bond acceptors (Lipinski definition) is 5. The zero-order valence-electron chi connectivity index (χ0n) is 18.9. The molecular formula is C24H20F5N3O4S. The van der Waals surface area contributed by atoms with Crippen molar-refractivity contribution in [1.82, 2.24) is 5.43 Å². The number of fused-ring (bicyclic) bond motifs is 1. The van der Waals surface area contributed by atoms with Crippen LogP contribution in [0.4, 0.5) is 27.6 Å². The number of amides is 1. The molecule has 7 nitrogen and oxygen atoms in total. The van der Waals surface area contributed by atoms with Gasteiger partial charge in [-0.25, -0.2) is 23.0 Å². The quantitative estimate of drug-likeness (QED) is 0.209. The summed E-state index contributed by atoms with van der Waals surface area (Å²) in [6.07, 6.45) is -5.71. The van der Waals surface area contributed by atoms with Gasteiger partial charge >= 0.3 is 6.18 Å². The number of sulfonamides is 1. The van der Waals surface area contributed by atoms with Crippen LogP contribution in [0, 0.1) is 11.6 Å². The Morgan fingerprint density at radius 1 is 1.08 bits per heavy atom. The predicted octanol–water partition coefficient (Wildman–Crippen LogP) is 4.38. The summed E-state index contributed by atoms with van der Waals surface area (Å²) in [5.41, 5.74) is 0.668. The number of hydrazine groups is 1. The minimum atomic E-state index is -4.78. The van der Waals surface area contributed by atoms with Crippen molar-refractivity contribution in [3.05, 3.63) is 77.9 Å². The molecule has 0 fully saturated rings. The second kappa shape index (κ2) is 9.98. The van der Waals surface area contributed by atoms with Crippen molar-refractivity contribution in [2.45, 2.75) is 30.0 Å². The average Bonchev–Trinajstić information content (AvgIpc) is 2.87. The van der Waals surface area contributed by atoms with Crippen molar-refractivity contribution in [2.24, 2.45) is 5.84 Å². The number of nitrogens with two attached hydrogens (primary N) is 1. The third kappa shape index (κ3) is 5.52. The second-order valence-electron chi connectivity index (χ2n) is 8.21. The smallest absolute Gasteiger partial charge is 0.416 e. The maximum atomic E-state index is 14.4. The van der Waals surface area contributed by atoms with Crippen molar-refractivity contribution < 1.29 is 39.9 Å². The van der Waals surface area contributed by atoms with Crippen LogP contribution in [0.25, 0.3) is 11.1 Å². The Balaban J connectivity index is 1.82. The Labute approximate surface area is 208 Å². The van der Waals surface area contributed by atoms with E-state index in [1.165, 1.54) is 18.2 Å². The first-order valence-corrected chi connectivity index (χ1v) is 12.3. The lowest BCUT2D eigenvalue weighted by Gasteiger charge is -2.36. The molecule has 1 aliphatic heterocycles. The van der Waals surface area contributed by atoms with Gasteiger partial charge < -0.3 is 4.74 Å². The second-order valence-corrected chi connectivity index (χ2v) is 10.1. The molecule has 3 aromatic rings. The molecule has 0 bridgehead atoms. The van der Waals surface area contributed by atoms with Crippen LogP contribution >= 0.6 is 0 Å². The van der Waals surface area contributed by atoms with Gasteiger partial charge in [-0.15, -0.1) is 0 Å². The molecule has 0 spiro atoms. The topological polar surface area (TPSA) is 102 Å². The highest BCUT2D eigenvalue weighted by molar-refractivity contribution is 7.92. The molecule has 3 N–H and O–H groups in total. The van der Waals surface area contributed by atoms with E-state index in [1.807, 2.05) is 5.43 Å². The predicted molar refractivity (Wildman–Crippen MR) is 124 cm³/mol. The highest BCUT2D eigenvalue weighted by Crippen LogP contribution is 2.41. The van der Waals surface area contributed by atoms with Crippen molar-refractivity contribution in [3.8, 4) is 16.9 Å². The molecule has 0 saturated carbocycles. The Kier molecular flexibility index (Phi) is 7.11. The maximum Gasteiger partial charge on any atom is 0.416 e. The highest BCUT2D eigenvalue weighted by atomic mass is 32.2. The van der Waals surface area contributed by atoms with Crippen molar-refractivity contribution in [3.63, 3.8) is 0 Å². The normalized spacial score (nSPS) is 15.6. The maximum absolute atomic E-state index is 14.4.